The lowest BCUT2D eigenvalue weighted by Gasteiger charge is -2.50. The van der Waals surface area contributed by atoms with E-state index in [9.17, 15) is 39.6 Å². The van der Waals surface area contributed by atoms with Crippen molar-refractivity contribution >= 4 is 35.0 Å². The van der Waals surface area contributed by atoms with Gasteiger partial charge in [-0.05, 0) is 44.5 Å². The van der Waals surface area contributed by atoms with E-state index in [1.165, 1.54) is 30.0 Å². The standard InChI is InChI=1S/C26H30N4O9/c1-29(2)18-13-10-12-9-11-3-4-14(28-25(37)30-5-7-39-8-6-30)19(31)15(11)20(32)16(12)22(34)26(13,38)23(35)17(21(18)33)24(27)36/h3-4,12-13,18,31-32,35,38H,5-10H2,1-2H3,(H2,27,36)(H,28,37)/t12-,13-,18-,26-/m0/s1. The molecule has 5 rings (SSSR count). The molecule has 0 unspecified atom stereocenters. The Morgan fingerprint density at radius 3 is 2.44 bits per heavy atom. The first-order chi connectivity index (χ1) is 18.4. The number of hydrogen-bond donors (Lipinski definition) is 6. The molecule has 208 valence electrons. The van der Waals surface area contributed by atoms with Crippen molar-refractivity contribution in [2.75, 3.05) is 45.7 Å². The number of primary amides is 1. The predicted molar refractivity (Wildman–Crippen MR) is 136 cm³/mol. The van der Waals surface area contributed by atoms with E-state index in [-0.39, 0.29) is 29.7 Å². The van der Waals surface area contributed by atoms with Crippen molar-refractivity contribution in [2.45, 2.75) is 24.5 Å². The number of Topliss-reactive ketones (excluding diaryl/α,β-unsaturated/α-hetero) is 2. The SMILES string of the molecule is CN(C)[C@@H]1C(=O)C(C(N)=O)=C(O)[C@@]2(O)C(=O)C3=C(O)c4c(ccc(NC(=O)N5CCOCC5)c4O)C[C@H]3C[C@@H]12. The minimum absolute atomic E-state index is 0.00203. The lowest BCUT2D eigenvalue weighted by molar-refractivity contribution is -0.153. The first kappa shape index (κ1) is 26.7. The van der Waals surface area contributed by atoms with E-state index in [1.54, 1.807) is 6.07 Å². The molecule has 1 heterocycles. The van der Waals surface area contributed by atoms with Crippen molar-refractivity contribution in [1.82, 2.24) is 9.80 Å². The zero-order valence-corrected chi connectivity index (χ0v) is 21.4. The van der Waals surface area contributed by atoms with E-state index >= 15 is 0 Å². The molecule has 2 fully saturated rings. The molecule has 0 bridgehead atoms. The van der Waals surface area contributed by atoms with Gasteiger partial charge in [-0.15, -0.1) is 0 Å². The monoisotopic (exact) mass is 542 g/mol. The smallest absolute Gasteiger partial charge is 0.322 e. The number of rotatable bonds is 3. The average Bonchev–Trinajstić information content (AvgIpc) is 2.88. The number of aliphatic hydroxyl groups is 3. The van der Waals surface area contributed by atoms with Gasteiger partial charge in [0.15, 0.2) is 11.4 Å². The van der Waals surface area contributed by atoms with Crippen molar-refractivity contribution in [3.63, 3.8) is 0 Å². The molecule has 0 radical (unpaired) electrons. The zero-order chi connectivity index (χ0) is 28.4. The molecule has 0 spiro atoms. The van der Waals surface area contributed by atoms with Crippen molar-refractivity contribution in [3.05, 3.63) is 40.2 Å². The van der Waals surface area contributed by atoms with Gasteiger partial charge in [0.25, 0.3) is 5.91 Å². The summed E-state index contributed by atoms with van der Waals surface area (Å²) in [6, 6.07) is 1.48. The van der Waals surface area contributed by atoms with Gasteiger partial charge >= 0.3 is 6.03 Å². The first-order valence-electron chi connectivity index (χ1n) is 12.5. The van der Waals surface area contributed by atoms with Gasteiger partial charge in [0.2, 0.25) is 5.78 Å². The number of phenols is 1. The fourth-order valence-corrected chi connectivity index (χ4v) is 6.28. The van der Waals surface area contributed by atoms with Crippen LogP contribution in [0.5, 0.6) is 5.75 Å². The maximum atomic E-state index is 13.9. The number of hydrogen-bond acceptors (Lipinski definition) is 10. The number of fused-ring (bicyclic) bond motifs is 3. The van der Waals surface area contributed by atoms with Crippen LogP contribution in [0, 0.1) is 11.8 Å². The quantitative estimate of drug-likeness (QED) is 0.220. The van der Waals surface area contributed by atoms with Crippen molar-refractivity contribution < 1.29 is 44.3 Å². The Kier molecular flexibility index (Phi) is 6.40. The second kappa shape index (κ2) is 9.36. The summed E-state index contributed by atoms with van der Waals surface area (Å²) in [6.07, 6.45) is 0.168. The van der Waals surface area contributed by atoms with Crippen LogP contribution in [0.15, 0.2) is 29.0 Å². The Morgan fingerprint density at radius 1 is 1.15 bits per heavy atom. The van der Waals surface area contributed by atoms with Crippen LogP contribution < -0.4 is 11.1 Å². The number of ketones is 2. The number of nitrogens with zero attached hydrogens (tertiary/aromatic N) is 2. The van der Waals surface area contributed by atoms with Gasteiger partial charge in [-0.3, -0.25) is 19.3 Å². The number of anilines is 1. The number of morpholine rings is 1. The topological polar surface area (TPSA) is 203 Å². The number of aliphatic hydroxyl groups excluding tert-OH is 2. The van der Waals surface area contributed by atoms with Crippen LogP contribution in [-0.2, 0) is 25.5 Å². The second-order valence-electron chi connectivity index (χ2n) is 10.5. The van der Waals surface area contributed by atoms with E-state index in [0.29, 0.717) is 31.9 Å². The molecule has 1 saturated heterocycles. The molecule has 1 aromatic rings. The van der Waals surface area contributed by atoms with Crippen LogP contribution in [-0.4, -0.2) is 106 Å². The highest BCUT2D eigenvalue weighted by molar-refractivity contribution is 6.24. The largest absolute Gasteiger partial charge is 0.508 e. The predicted octanol–water partition coefficient (Wildman–Crippen LogP) is -0.172. The van der Waals surface area contributed by atoms with Crippen LogP contribution in [0.4, 0.5) is 10.5 Å². The number of aromatic hydroxyl groups is 1. The zero-order valence-electron chi connectivity index (χ0n) is 21.4. The Morgan fingerprint density at radius 2 is 1.82 bits per heavy atom. The molecule has 3 amide bonds. The highest BCUT2D eigenvalue weighted by Gasteiger charge is 2.64. The summed E-state index contributed by atoms with van der Waals surface area (Å²) < 4.78 is 5.24. The summed E-state index contributed by atoms with van der Waals surface area (Å²) in [5, 5.41) is 47.5. The van der Waals surface area contributed by atoms with Crippen molar-refractivity contribution in [2.24, 2.45) is 17.6 Å². The van der Waals surface area contributed by atoms with Gasteiger partial charge in [0, 0.05) is 24.6 Å². The van der Waals surface area contributed by atoms with E-state index in [4.69, 9.17) is 10.5 Å². The van der Waals surface area contributed by atoms with Crippen molar-refractivity contribution in [1.29, 1.82) is 0 Å². The number of nitrogens with two attached hydrogens (primary N) is 1. The number of carbonyl (C=O) groups is 4. The first-order valence-corrected chi connectivity index (χ1v) is 12.5. The van der Waals surface area contributed by atoms with Gasteiger partial charge in [0.05, 0.1) is 30.5 Å². The minimum Gasteiger partial charge on any atom is -0.508 e. The summed E-state index contributed by atoms with van der Waals surface area (Å²) in [6.45, 7) is 1.48. The molecule has 7 N–H and O–H groups in total. The Labute approximate surface area is 223 Å². The van der Waals surface area contributed by atoms with Crippen molar-refractivity contribution in [3.8, 4) is 5.75 Å². The van der Waals surface area contributed by atoms with Crippen LogP contribution in [0.1, 0.15) is 17.5 Å². The molecule has 4 aliphatic rings. The van der Waals surface area contributed by atoms with E-state index < -0.39 is 69.8 Å². The van der Waals surface area contributed by atoms with Gasteiger partial charge in [-0.2, -0.15) is 0 Å². The molecular formula is C26H30N4O9. The molecule has 0 aromatic heterocycles. The van der Waals surface area contributed by atoms with E-state index in [1.807, 2.05) is 0 Å². The average molecular weight is 543 g/mol. The third-order valence-corrected chi connectivity index (χ3v) is 8.13. The molecule has 1 aliphatic heterocycles. The number of likely N-dealkylation sites (N-methyl/N-ethyl adjacent to an activating group) is 1. The van der Waals surface area contributed by atoms with Gasteiger partial charge in [-0.25, -0.2) is 4.79 Å². The van der Waals surface area contributed by atoms with Gasteiger partial charge in [0.1, 0.15) is 22.8 Å². The molecule has 13 nitrogen and oxygen atoms in total. The summed E-state index contributed by atoms with van der Waals surface area (Å²) >= 11 is 0. The maximum Gasteiger partial charge on any atom is 0.322 e. The Balaban J connectivity index is 1.58. The molecule has 1 aromatic carbocycles. The highest BCUT2D eigenvalue weighted by atomic mass is 16.5. The number of amides is 3. The number of phenolic OH excluding ortho intramolecular Hbond substituents is 1. The van der Waals surface area contributed by atoms with Crippen LogP contribution >= 0.6 is 0 Å². The Bertz CT molecular complexity index is 1360. The minimum atomic E-state index is -2.71. The molecule has 3 aliphatic carbocycles. The van der Waals surface area contributed by atoms with Crippen LogP contribution in [0.3, 0.4) is 0 Å². The number of carbonyl (C=O) groups excluding carboxylic acids is 4. The maximum absolute atomic E-state index is 13.9. The van der Waals surface area contributed by atoms with E-state index in [2.05, 4.69) is 5.32 Å². The molecule has 4 atom stereocenters. The fraction of sp³-hybridized carbons (Fsp3) is 0.462. The lowest BCUT2D eigenvalue weighted by atomic mass is 9.57. The second-order valence-corrected chi connectivity index (χ2v) is 10.5. The molecular weight excluding hydrogens is 512 g/mol. The van der Waals surface area contributed by atoms with Crippen LogP contribution in [0.2, 0.25) is 0 Å². The number of benzene rings is 1. The van der Waals surface area contributed by atoms with E-state index in [0.717, 1.165) is 0 Å². The lowest BCUT2D eigenvalue weighted by Crippen LogP contribution is -2.65. The third kappa shape index (κ3) is 3.87. The third-order valence-electron chi connectivity index (χ3n) is 8.13. The number of ether oxygens (including phenoxy) is 1. The summed E-state index contributed by atoms with van der Waals surface area (Å²) in [4.78, 5) is 54.7. The fourth-order valence-electron chi connectivity index (χ4n) is 6.28. The normalized spacial score (nSPS) is 28.7. The molecule has 39 heavy (non-hydrogen) atoms. The summed E-state index contributed by atoms with van der Waals surface area (Å²) in [5.74, 6) is -7.23. The summed E-state index contributed by atoms with van der Waals surface area (Å²) in [5.41, 5.74) is 1.90. The number of nitrogens with one attached hydrogen (secondary N) is 1. The molecule has 1 saturated carbocycles. The summed E-state index contributed by atoms with van der Waals surface area (Å²) in [7, 11) is 3.08. The Hall–Kier alpha value is -3.94. The highest BCUT2D eigenvalue weighted by Crippen LogP contribution is 2.53. The van der Waals surface area contributed by atoms with Gasteiger partial charge in [-0.1, -0.05) is 6.07 Å². The van der Waals surface area contributed by atoms with Crippen LogP contribution in [0.25, 0.3) is 5.76 Å². The van der Waals surface area contributed by atoms with Gasteiger partial charge < -0.3 is 41.1 Å². The number of urea groups is 1. The molecule has 13 heteroatoms.